The van der Waals surface area contributed by atoms with Gasteiger partial charge < -0.3 is 30.0 Å². The van der Waals surface area contributed by atoms with E-state index in [1.54, 1.807) is 25.3 Å². The first-order chi connectivity index (χ1) is 15.5. The van der Waals surface area contributed by atoms with E-state index in [1.807, 2.05) is 6.07 Å². The number of hydrogen-bond acceptors (Lipinski definition) is 8. The molecule has 0 saturated carbocycles. The molecule has 3 N–H and O–H groups in total. The third kappa shape index (κ3) is 5.03. The SMILES string of the molecule is COc1cc2c(Nc3ccc(Br)c(Cl)c3Cl)ncnc2cc1OCC1CNC(CO)CO1. The number of ether oxygens (including phenoxy) is 3. The molecule has 0 spiro atoms. The lowest BCUT2D eigenvalue weighted by Crippen LogP contribution is -2.49. The number of morpholine rings is 1. The second kappa shape index (κ2) is 10.4. The Bertz CT molecular complexity index is 1110. The van der Waals surface area contributed by atoms with E-state index in [1.165, 1.54) is 6.33 Å². The minimum Gasteiger partial charge on any atom is -0.493 e. The van der Waals surface area contributed by atoms with Crippen molar-refractivity contribution in [2.24, 2.45) is 0 Å². The lowest BCUT2D eigenvalue weighted by molar-refractivity contribution is -0.0294. The molecule has 0 radical (unpaired) electrons. The van der Waals surface area contributed by atoms with Crippen LogP contribution in [0.3, 0.4) is 0 Å². The Hall–Kier alpha value is -1.88. The minimum absolute atomic E-state index is 0.0415. The van der Waals surface area contributed by atoms with Crippen molar-refractivity contribution in [3.8, 4) is 11.5 Å². The summed E-state index contributed by atoms with van der Waals surface area (Å²) < 4.78 is 17.9. The fourth-order valence-corrected chi connectivity index (χ4v) is 4.08. The highest BCUT2D eigenvalue weighted by Crippen LogP contribution is 2.39. The summed E-state index contributed by atoms with van der Waals surface area (Å²) in [5, 5.41) is 17.1. The number of halogens is 3. The number of anilines is 2. The molecular weight excluding hydrogens is 523 g/mol. The van der Waals surface area contributed by atoms with Gasteiger partial charge in [0.25, 0.3) is 0 Å². The van der Waals surface area contributed by atoms with Crippen LogP contribution < -0.4 is 20.1 Å². The second-order valence-electron chi connectivity index (χ2n) is 7.14. The quantitative estimate of drug-likeness (QED) is 0.382. The number of aliphatic hydroxyl groups excluding tert-OH is 1. The van der Waals surface area contributed by atoms with Gasteiger partial charge in [-0.1, -0.05) is 23.2 Å². The van der Waals surface area contributed by atoms with Crippen molar-refractivity contribution in [1.82, 2.24) is 15.3 Å². The summed E-state index contributed by atoms with van der Waals surface area (Å²) in [6, 6.07) is 7.17. The van der Waals surface area contributed by atoms with Crippen molar-refractivity contribution in [3.05, 3.63) is 45.1 Å². The van der Waals surface area contributed by atoms with Gasteiger partial charge in [0, 0.05) is 22.5 Å². The van der Waals surface area contributed by atoms with Crippen molar-refractivity contribution in [2.45, 2.75) is 12.1 Å². The lowest BCUT2D eigenvalue weighted by atomic mass is 10.2. The lowest BCUT2D eigenvalue weighted by Gasteiger charge is -2.29. The highest BCUT2D eigenvalue weighted by Gasteiger charge is 2.22. The molecule has 170 valence electrons. The summed E-state index contributed by atoms with van der Waals surface area (Å²) in [7, 11) is 1.57. The Morgan fingerprint density at radius 3 is 2.81 bits per heavy atom. The van der Waals surface area contributed by atoms with Gasteiger partial charge in [-0.05, 0) is 34.1 Å². The summed E-state index contributed by atoms with van der Waals surface area (Å²) >= 11 is 16.0. The van der Waals surface area contributed by atoms with Crippen LogP contribution in [0.4, 0.5) is 11.5 Å². The van der Waals surface area contributed by atoms with Gasteiger partial charge in [0.2, 0.25) is 0 Å². The fourth-order valence-electron chi connectivity index (χ4n) is 3.26. The molecule has 32 heavy (non-hydrogen) atoms. The Kier molecular flexibility index (Phi) is 7.55. The van der Waals surface area contributed by atoms with Crippen molar-refractivity contribution in [2.75, 3.05) is 38.8 Å². The second-order valence-corrected chi connectivity index (χ2v) is 8.75. The molecule has 8 nitrogen and oxygen atoms in total. The van der Waals surface area contributed by atoms with Gasteiger partial charge in [-0.25, -0.2) is 9.97 Å². The van der Waals surface area contributed by atoms with Crippen LogP contribution in [0.15, 0.2) is 35.1 Å². The predicted octanol–water partition coefficient (Wildman–Crippen LogP) is 4.18. The molecule has 11 heteroatoms. The number of nitrogens with zero attached hydrogens (tertiary/aromatic N) is 2. The topological polar surface area (TPSA) is 97.8 Å². The molecule has 2 atom stereocenters. The minimum atomic E-state index is -0.134. The maximum Gasteiger partial charge on any atom is 0.163 e. The van der Waals surface area contributed by atoms with Crippen LogP contribution in [0.5, 0.6) is 11.5 Å². The Labute approximate surface area is 203 Å². The molecule has 1 aromatic heterocycles. The first-order valence-electron chi connectivity index (χ1n) is 9.82. The smallest absolute Gasteiger partial charge is 0.163 e. The molecule has 4 rings (SSSR count). The number of rotatable bonds is 7. The highest BCUT2D eigenvalue weighted by molar-refractivity contribution is 9.10. The number of aromatic nitrogens is 2. The van der Waals surface area contributed by atoms with E-state index in [9.17, 15) is 5.11 Å². The van der Waals surface area contributed by atoms with E-state index in [4.69, 9.17) is 37.4 Å². The zero-order chi connectivity index (χ0) is 22.7. The van der Waals surface area contributed by atoms with Crippen LogP contribution in [0.2, 0.25) is 10.0 Å². The van der Waals surface area contributed by atoms with Crippen molar-refractivity contribution in [1.29, 1.82) is 0 Å². The zero-order valence-electron chi connectivity index (χ0n) is 17.1. The molecule has 1 saturated heterocycles. The van der Waals surface area contributed by atoms with Gasteiger partial charge in [0.05, 0.1) is 47.6 Å². The maximum atomic E-state index is 9.19. The van der Waals surface area contributed by atoms with Gasteiger partial charge in [-0.15, -0.1) is 0 Å². The molecule has 0 aliphatic carbocycles. The summed E-state index contributed by atoms with van der Waals surface area (Å²) in [5.74, 6) is 1.63. The molecule has 0 bridgehead atoms. The summed E-state index contributed by atoms with van der Waals surface area (Å²) in [6.07, 6.45) is 1.32. The van der Waals surface area contributed by atoms with E-state index in [2.05, 4.69) is 36.5 Å². The number of methoxy groups -OCH3 is 1. The van der Waals surface area contributed by atoms with E-state index in [0.29, 0.717) is 62.8 Å². The van der Waals surface area contributed by atoms with Crippen LogP contribution in [0.25, 0.3) is 10.9 Å². The molecular formula is C21H21BrCl2N4O4. The molecule has 1 aliphatic rings. The average molecular weight is 544 g/mol. The van der Waals surface area contributed by atoms with E-state index in [-0.39, 0.29) is 18.8 Å². The Morgan fingerprint density at radius 1 is 1.25 bits per heavy atom. The normalized spacial score (nSPS) is 18.5. The molecule has 3 aromatic rings. The van der Waals surface area contributed by atoms with Crippen molar-refractivity contribution in [3.63, 3.8) is 0 Å². The molecule has 2 heterocycles. The fraction of sp³-hybridized carbons (Fsp3) is 0.333. The van der Waals surface area contributed by atoms with Gasteiger partial charge in [-0.2, -0.15) is 0 Å². The summed E-state index contributed by atoms with van der Waals surface area (Å²) in [5.41, 5.74) is 1.28. The van der Waals surface area contributed by atoms with E-state index >= 15 is 0 Å². The van der Waals surface area contributed by atoms with E-state index < -0.39 is 0 Å². The van der Waals surface area contributed by atoms with Crippen LogP contribution in [-0.2, 0) is 4.74 Å². The van der Waals surface area contributed by atoms with Gasteiger partial charge in [0.15, 0.2) is 11.5 Å². The number of fused-ring (bicyclic) bond motifs is 1. The molecule has 2 aromatic carbocycles. The van der Waals surface area contributed by atoms with Gasteiger partial charge in [0.1, 0.15) is 24.9 Å². The maximum absolute atomic E-state index is 9.19. The predicted molar refractivity (Wildman–Crippen MR) is 128 cm³/mol. The van der Waals surface area contributed by atoms with Crippen LogP contribution in [0.1, 0.15) is 0 Å². The number of hydrogen-bond donors (Lipinski definition) is 3. The molecule has 2 unspecified atom stereocenters. The first-order valence-corrected chi connectivity index (χ1v) is 11.4. The number of benzene rings is 2. The third-order valence-corrected chi connectivity index (χ3v) is 6.79. The Morgan fingerprint density at radius 2 is 2.09 bits per heavy atom. The summed E-state index contributed by atoms with van der Waals surface area (Å²) in [6.45, 7) is 1.40. The first kappa shape index (κ1) is 23.3. The highest BCUT2D eigenvalue weighted by atomic mass is 79.9. The molecule has 1 aliphatic heterocycles. The molecule has 0 amide bonds. The zero-order valence-corrected chi connectivity index (χ0v) is 20.2. The standard InChI is InChI=1S/C21H21BrCl2N4O4/c1-30-17-4-13-16(5-18(17)32-9-12-6-25-11(7-29)8-31-12)26-10-27-21(13)28-15-3-2-14(22)19(23)20(15)24/h2-5,10-12,25,29H,6-9H2,1H3,(H,26,27,28). The Balaban J connectivity index is 1.57. The molecule has 1 fully saturated rings. The van der Waals surface area contributed by atoms with Crippen molar-refractivity contribution >= 4 is 61.5 Å². The third-order valence-electron chi connectivity index (χ3n) is 5.02. The van der Waals surface area contributed by atoms with Gasteiger partial charge in [-0.3, -0.25) is 0 Å². The van der Waals surface area contributed by atoms with E-state index in [0.717, 1.165) is 5.39 Å². The number of nitrogens with one attached hydrogen (secondary N) is 2. The van der Waals surface area contributed by atoms with Crippen LogP contribution >= 0.6 is 39.1 Å². The van der Waals surface area contributed by atoms with Crippen LogP contribution in [0, 0.1) is 0 Å². The van der Waals surface area contributed by atoms with Crippen molar-refractivity contribution < 1.29 is 19.3 Å². The van der Waals surface area contributed by atoms with Gasteiger partial charge >= 0.3 is 0 Å². The average Bonchev–Trinajstić information content (AvgIpc) is 2.83. The monoisotopic (exact) mass is 542 g/mol. The van der Waals surface area contributed by atoms with Crippen LogP contribution in [-0.4, -0.2) is 60.7 Å². The largest absolute Gasteiger partial charge is 0.493 e. The number of aliphatic hydroxyl groups is 1. The summed E-state index contributed by atoms with van der Waals surface area (Å²) in [4.78, 5) is 8.72.